The third-order valence-corrected chi connectivity index (χ3v) is 13.2. The number of aryl methyl sites for hydroxylation is 6. The van der Waals surface area contributed by atoms with Crippen LogP contribution in [-0.4, -0.2) is 51.7 Å². The summed E-state index contributed by atoms with van der Waals surface area (Å²) >= 11 is 5.55. The first kappa shape index (κ1) is 56.8. The molecule has 4 aromatic carbocycles. The van der Waals surface area contributed by atoms with Crippen molar-refractivity contribution in [2.45, 2.75) is 77.2 Å². The second-order valence-corrected chi connectivity index (χ2v) is 19.5. The van der Waals surface area contributed by atoms with Crippen LogP contribution in [0.4, 0.5) is 26.8 Å². The van der Waals surface area contributed by atoms with Gasteiger partial charge < -0.3 is 38.9 Å². The molecule has 0 saturated carbocycles. The van der Waals surface area contributed by atoms with Gasteiger partial charge in [0.05, 0.1) is 54.2 Å². The largest absolute Gasteiger partial charge is 0.370 e. The molecule has 19 nitrogen and oxygen atoms in total. The maximum atomic E-state index is 11.5. The van der Waals surface area contributed by atoms with E-state index in [9.17, 15) is 14.4 Å². The van der Waals surface area contributed by atoms with E-state index >= 15 is 0 Å². The number of benzene rings is 4. The highest BCUT2D eigenvalue weighted by molar-refractivity contribution is 7.94. The number of nitrogens with zero attached hydrogens (tertiary/aromatic N) is 5. The van der Waals surface area contributed by atoms with Gasteiger partial charge in [0.15, 0.2) is 27.3 Å². The van der Waals surface area contributed by atoms with Gasteiger partial charge in [0, 0.05) is 47.7 Å². The molecule has 384 valence electrons. The van der Waals surface area contributed by atoms with E-state index in [1.54, 1.807) is 0 Å². The molecule has 0 bridgehead atoms. The monoisotopic (exact) mass is 1070 g/mol. The first-order valence-corrected chi connectivity index (χ1v) is 25.9. The third kappa shape index (κ3) is 21.7. The Morgan fingerprint density at radius 3 is 1.42 bits per heavy atom. The van der Waals surface area contributed by atoms with Crippen molar-refractivity contribution in [1.82, 2.24) is 15.0 Å². The van der Waals surface area contributed by atoms with Gasteiger partial charge in [-0.2, -0.15) is 4.33 Å². The number of hydrogen-bond acceptors (Lipinski definition) is 16. The highest BCUT2D eigenvalue weighted by atomic mass is 32.2. The molecule has 23 heteroatoms. The normalized spacial score (nSPS) is 10.5. The minimum Gasteiger partial charge on any atom is -0.370 e. The van der Waals surface area contributed by atoms with Crippen molar-refractivity contribution in [2.75, 3.05) is 23.1 Å². The topological polar surface area (TPSA) is 308 Å². The molecule has 3 aromatic heterocycles. The van der Waals surface area contributed by atoms with E-state index in [1.165, 1.54) is 73.0 Å². The van der Waals surface area contributed by atoms with E-state index < -0.39 is 0 Å². The van der Waals surface area contributed by atoms with Crippen molar-refractivity contribution in [2.24, 2.45) is 38.8 Å². The number of carbonyl (C=O) groups excluding carboxylic acids is 3. The van der Waals surface area contributed by atoms with Crippen molar-refractivity contribution >= 4 is 102 Å². The number of aliphatic imine (C=N–C) groups is 2. The van der Waals surface area contributed by atoms with Gasteiger partial charge in [-0.05, 0) is 103 Å². The van der Waals surface area contributed by atoms with Crippen molar-refractivity contribution < 1.29 is 28.4 Å². The second-order valence-electron chi connectivity index (χ2n) is 15.9. The van der Waals surface area contributed by atoms with Crippen LogP contribution < -0.4 is 44.8 Å². The van der Waals surface area contributed by atoms with Crippen molar-refractivity contribution in [3.05, 3.63) is 158 Å². The molecule has 0 spiro atoms. The summed E-state index contributed by atoms with van der Waals surface area (Å²) in [6.07, 6.45) is 5.73. The minimum absolute atomic E-state index is 0.0354. The second kappa shape index (κ2) is 30.1. The molecule has 0 unspecified atom stereocenters. The van der Waals surface area contributed by atoms with Crippen LogP contribution in [0.2, 0.25) is 0 Å². The molecular weight excluding hydrogens is 1010 g/mol. The fourth-order valence-electron chi connectivity index (χ4n) is 6.58. The Kier molecular flexibility index (Phi) is 23.4. The van der Waals surface area contributed by atoms with Crippen LogP contribution >= 0.6 is 46.1 Å². The molecule has 0 atom stereocenters. The van der Waals surface area contributed by atoms with Gasteiger partial charge in [0.25, 0.3) is 0 Å². The Labute approximate surface area is 440 Å². The fourth-order valence-corrected chi connectivity index (χ4v) is 9.64. The van der Waals surface area contributed by atoms with Gasteiger partial charge in [-0.25, -0.2) is 35.7 Å². The molecule has 0 radical (unpaired) electrons. The number of hydrogen-bond donors (Lipinski definition) is 8. The number of aromatic nitrogens is 3. The lowest BCUT2D eigenvalue weighted by Crippen LogP contribution is -2.21. The number of carbonyl (C=O) groups is 3. The van der Waals surface area contributed by atoms with Crippen LogP contribution in [0, 0.1) is 0 Å². The predicted molar refractivity (Wildman–Crippen MR) is 294 cm³/mol. The number of amides is 3. The number of guanidine groups is 2. The molecule has 0 aliphatic rings. The van der Waals surface area contributed by atoms with E-state index in [-0.39, 0.29) is 29.6 Å². The summed E-state index contributed by atoms with van der Waals surface area (Å²) < 4.78 is 4.89. The first-order valence-electron chi connectivity index (χ1n) is 22.6. The standard InChI is InChI=1S/C22H25N5O3S2.C14H17N5OS.C14H17N3O2S/c1-14(28)25-22-27-19(12-7-15-3-8-17(9-4-15)26-21(23)24)20(31-22)13-16-5-10-18(11-6-16)32-30-29-2;1-9(20)17-14-19-12(8-21-14)7-4-10-2-5-11(6-3-10)18-13(15)16;1-10(18)16-14-17-13(9-20-14)7-6-11-2-4-12(5-3-11)8-19-15/h3-6,8-11H,7,12-13H2,1-2H3,(H4,23,24,26)(H,25,27,28);2-3,5-6,8H,4,7H2,1H3,(H4,15,16,18)(H,17,19,20);2-5,9H,6-8,15H2,1H3,(H,16,17,18). The molecule has 13 N–H and O–H groups in total. The zero-order valence-electron chi connectivity index (χ0n) is 40.8. The molecular formula is C50H59N13O6S4. The lowest BCUT2D eigenvalue weighted by atomic mass is 10.0. The highest BCUT2D eigenvalue weighted by Gasteiger charge is 2.14. The van der Waals surface area contributed by atoms with E-state index in [1.807, 2.05) is 95.7 Å². The number of rotatable bonds is 21. The van der Waals surface area contributed by atoms with Crippen LogP contribution in [0.25, 0.3) is 0 Å². The summed E-state index contributed by atoms with van der Waals surface area (Å²) in [5.74, 6) is 4.79. The SMILES string of the molecule is CC(=O)Nc1nc(CCc2ccc(CON)cc2)cs1.CC(=O)Nc1nc(CCc2ccc(N=C(N)N)cc2)cs1.COOSc1ccc(Cc2sc(NC(C)=O)nc2CCc2ccc(N=C(N)N)cc2)cc1. The Bertz CT molecular complexity index is 2880. The Hall–Kier alpha value is -7.09. The molecule has 3 heterocycles. The van der Waals surface area contributed by atoms with Gasteiger partial charge >= 0.3 is 0 Å². The zero-order valence-corrected chi connectivity index (χ0v) is 44.0. The van der Waals surface area contributed by atoms with E-state index in [0.29, 0.717) is 27.7 Å². The van der Waals surface area contributed by atoms with Crippen molar-refractivity contribution in [3.8, 4) is 0 Å². The van der Waals surface area contributed by atoms with Gasteiger partial charge in [0.1, 0.15) is 0 Å². The summed E-state index contributed by atoms with van der Waals surface area (Å²) in [4.78, 5) is 66.0. The number of nitrogens with one attached hydrogen (secondary N) is 3. The van der Waals surface area contributed by atoms with Crippen LogP contribution in [-0.2, 0) is 80.0 Å². The zero-order chi connectivity index (χ0) is 52.5. The smallest absolute Gasteiger partial charge is 0.223 e. The van der Waals surface area contributed by atoms with Crippen LogP contribution in [0.5, 0.6) is 0 Å². The lowest BCUT2D eigenvalue weighted by Gasteiger charge is -2.05. The molecule has 0 fully saturated rings. The molecule has 0 aliphatic heterocycles. The number of thiazole rings is 3. The van der Waals surface area contributed by atoms with Gasteiger partial charge in [-0.1, -0.05) is 60.7 Å². The average Bonchev–Trinajstić information content (AvgIpc) is 4.10. The van der Waals surface area contributed by atoms with Crippen LogP contribution in [0.1, 0.15) is 70.5 Å². The maximum Gasteiger partial charge on any atom is 0.223 e. The predicted octanol–water partition coefficient (Wildman–Crippen LogP) is 8.04. The minimum atomic E-state index is -0.133. The van der Waals surface area contributed by atoms with E-state index in [0.717, 1.165) is 106 Å². The van der Waals surface area contributed by atoms with Crippen molar-refractivity contribution in [3.63, 3.8) is 0 Å². The molecule has 73 heavy (non-hydrogen) atoms. The van der Waals surface area contributed by atoms with E-state index in [4.69, 9.17) is 33.2 Å². The van der Waals surface area contributed by atoms with Gasteiger partial charge in [0.2, 0.25) is 17.7 Å². The molecule has 3 amide bonds. The summed E-state index contributed by atoms with van der Waals surface area (Å²) in [6, 6.07) is 31.7. The fraction of sp³-hybridized carbons (Fsp3) is 0.240. The van der Waals surface area contributed by atoms with Gasteiger partial charge in [-0.15, -0.1) is 34.0 Å². The maximum absolute atomic E-state index is 11.5. The molecule has 0 aliphatic carbocycles. The first-order chi connectivity index (χ1) is 35.1. The molecule has 7 rings (SSSR count). The average molecular weight is 1070 g/mol. The molecule has 7 aromatic rings. The van der Waals surface area contributed by atoms with Crippen molar-refractivity contribution in [1.29, 1.82) is 0 Å². The third-order valence-electron chi connectivity index (χ3n) is 9.87. The molecule has 0 saturated heterocycles. The Balaban J connectivity index is 0.000000212. The summed E-state index contributed by atoms with van der Waals surface area (Å²) in [5.41, 5.74) is 31.7. The quantitative estimate of drug-likeness (QED) is 0.0111. The van der Waals surface area contributed by atoms with Crippen LogP contribution in [0.15, 0.2) is 123 Å². The summed E-state index contributed by atoms with van der Waals surface area (Å²) in [5, 5.41) is 14.0. The highest BCUT2D eigenvalue weighted by Crippen LogP contribution is 2.29. The number of nitrogens with two attached hydrogens (primary N) is 5. The lowest BCUT2D eigenvalue weighted by molar-refractivity contribution is -0.160. The van der Waals surface area contributed by atoms with E-state index in [2.05, 4.69) is 62.7 Å². The Morgan fingerprint density at radius 2 is 0.986 bits per heavy atom. The van der Waals surface area contributed by atoms with Gasteiger partial charge in [-0.3, -0.25) is 19.2 Å². The summed E-state index contributed by atoms with van der Waals surface area (Å²) in [7, 11) is 1.47. The van der Waals surface area contributed by atoms with Crippen LogP contribution in [0.3, 0.4) is 0 Å². The Morgan fingerprint density at radius 1 is 0.562 bits per heavy atom. The summed E-state index contributed by atoms with van der Waals surface area (Å²) in [6.45, 7) is 4.86. The number of anilines is 3.